The molecule has 0 aromatic carbocycles. The van der Waals surface area contributed by atoms with Crippen LogP contribution >= 0.6 is 0 Å². The molecule has 0 aliphatic heterocycles. The maximum Gasteiger partial charge on any atom is 0.303 e. The Bertz CT molecular complexity index is 418. The molecule has 1 aromatic rings. The van der Waals surface area contributed by atoms with Crippen LogP contribution in [0.25, 0.3) is 0 Å². The number of aliphatic carboxylic acids is 1. The van der Waals surface area contributed by atoms with Gasteiger partial charge in [-0.3, -0.25) is 4.79 Å². The molecule has 0 unspecified atom stereocenters. The Morgan fingerprint density at radius 2 is 1.50 bits per heavy atom. The summed E-state index contributed by atoms with van der Waals surface area (Å²) in [4.78, 5) is 10.4. The van der Waals surface area contributed by atoms with Crippen LogP contribution in [0.4, 0.5) is 0 Å². The lowest BCUT2D eigenvalue weighted by Gasteiger charge is -2.00. The largest absolute Gasteiger partial charge is 0.481 e. The van der Waals surface area contributed by atoms with E-state index in [-0.39, 0.29) is 0 Å². The number of furan rings is 1. The fourth-order valence-corrected chi connectivity index (χ4v) is 2.52. The fourth-order valence-electron chi connectivity index (χ4n) is 2.52. The Kier molecular flexibility index (Phi) is 7.42. The molecular formula is C17H28O3. The Labute approximate surface area is 122 Å². The zero-order chi connectivity index (χ0) is 15.0. The summed E-state index contributed by atoms with van der Waals surface area (Å²) in [6.07, 6.45) is 8.69. The number of aryl methyl sites for hydroxylation is 2. The van der Waals surface area contributed by atoms with E-state index in [1.54, 1.807) is 0 Å². The minimum Gasteiger partial charge on any atom is -0.481 e. The molecule has 3 nitrogen and oxygen atoms in total. The van der Waals surface area contributed by atoms with E-state index in [2.05, 4.69) is 20.8 Å². The normalized spacial score (nSPS) is 10.9. The van der Waals surface area contributed by atoms with Gasteiger partial charge < -0.3 is 9.52 Å². The van der Waals surface area contributed by atoms with E-state index in [4.69, 9.17) is 9.52 Å². The number of carboxylic acid groups (broad SMARTS) is 1. The molecule has 0 saturated carbocycles. The van der Waals surface area contributed by atoms with Crippen LogP contribution in [0, 0.1) is 13.8 Å². The van der Waals surface area contributed by atoms with E-state index < -0.39 is 5.97 Å². The highest BCUT2D eigenvalue weighted by Gasteiger charge is 2.12. The number of rotatable bonds is 10. The first-order valence-corrected chi connectivity index (χ1v) is 7.85. The zero-order valence-corrected chi connectivity index (χ0v) is 13.1. The summed E-state index contributed by atoms with van der Waals surface area (Å²) in [5.41, 5.74) is 2.64. The summed E-state index contributed by atoms with van der Waals surface area (Å²) >= 11 is 0. The summed E-state index contributed by atoms with van der Waals surface area (Å²) in [6.45, 7) is 6.48. The van der Waals surface area contributed by atoms with Crippen molar-refractivity contribution in [2.45, 2.75) is 78.6 Å². The third-order valence-corrected chi connectivity index (χ3v) is 3.92. The van der Waals surface area contributed by atoms with Gasteiger partial charge in [-0.2, -0.15) is 0 Å². The van der Waals surface area contributed by atoms with Crippen LogP contribution in [0.5, 0.6) is 0 Å². The number of unbranched alkanes of at least 4 members (excludes halogenated alkanes) is 4. The minimum atomic E-state index is -0.685. The SMILES string of the molecule is CCCc1oc(CCCCCCCC(=O)O)c(C)c1C. The molecule has 0 aliphatic carbocycles. The van der Waals surface area contributed by atoms with Crippen LogP contribution in [0.2, 0.25) is 0 Å². The van der Waals surface area contributed by atoms with Crippen LogP contribution in [-0.4, -0.2) is 11.1 Å². The highest BCUT2D eigenvalue weighted by Crippen LogP contribution is 2.24. The van der Waals surface area contributed by atoms with Crippen molar-refractivity contribution in [2.24, 2.45) is 0 Å². The standard InChI is InChI=1S/C17H28O3/c1-4-10-15-13(2)14(3)16(20-15)11-8-6-5-7-9-12-17(18)19/h4-12H2,1-3H3,(H,18,19). The predicted molar refractivity (Wildman–Crippen MR) is 81.2 cm³/mol. The first-order chi connectivity index (χ1) is 9.56. The first-order valence-electron chi connectivity index (χ1n) is 7.85. The van der Waals surface area contributed by atoms with Gasteiger partial charge in [0.1, 0.15) is 11.5 Å². The van der Waals surface area contributed by atoms with Gasteiger partial charge in [0.2, 0.25) is 0 Å². The molecule has 20 heavy (non-hydrogen) atoms. The summed E-state index contributed by atoms with van der Waals surface area (Å²) in [5.74, 6) is 1.62. The average molecular weight is 280 g/mol. The van der Waals surface area contributed by atoms with Gasteiger partial charge in [0.05, 0.1) is 0 Å². The van der Waals surface area contributed by atoms with Gasteiger partial charge >= 0.3 is 5.97 Å². The molecule has 3 heteroatoms. The van der Waals surface area contributed by atoms with Gasteiger partial charge in [-0.25, -0.2) is 0 Å². The monoisotopic (exact) mass is 280 g/mol. The molecule has 114 valence electrons. The van der Waals surface area contributed by atoms with Crippen molar-refractivity contribution in [1.29, 1.82) is 0 Å². The Morgan fingerprint density at radius 3 is 2.10 bits per heavy atom. The summed E-state index contributed by atoms with van der Waals surface area (Å²) in [5, 5.41) is 8.55. The van der Waals surface area contributed by atoms with Crippen LogP contribution in [0.1, 0.15) is 74.5 Å². The molecule has 0 bridgehead atoms. The van der Waals surface area contributed by atoms with Gasteiger partial charge in [0, 0.05) is 19.3 Å². The summed E-state index contributed by atoms with van der Waals surface area (Å²) in [6, 6.07) is 0. The molecule has 0 fully saturated rings. The van der Waals surface area contributed by atoms with E-state index in [9.17, 15) is 4.79 Å². The second kappa shape index (κ2) is 8.83. The van der Waals surface area contributed by atoms with Crippen molar-refractivity contribution >= 4 is 5.97 Å². The number of hydrogen-bond acceptors (Lipinski definition) is 2. The van der Waals surface area contributed by atoms with Crippen molar-refractivity contribution in [2.75, 3.05) is 0 Å². The molecule has 0 radical (unpaired) electrons. The maximum absolute atomic E-state index is 10.4. The Morgan fingerprint density at radius 1 is 0.950 bits per heavy atom. The number of hydrogen-bond donors (Lipinski definition) is 1. The highest BCUT2D eigenvalue weighted by molar-refractivity contribution is 5.66. The molecule has 1 rings (SSSR count). The van der Waals surface area contributed by atoms with Crippen molar-refractivity contribution in [3.05, 3.63) is 22.6 Å². The molecule has 0 atom stereocenters. The number of carbonyl (C=O) groups is 1. The van der Waals surface area contributed by atoms with E-state index in [0.29, 0.717) is 6.42 Å². The van der Waals surface area contributed by atoms with E-state index in [0.717, 1.165) is 62.9 Å². The lowest BCUT2D eigenvalue weighted by molar-refractivity contribution is -0.137. The molecule has 0 spiro atoms. The summed E-state index contributed by atoms with van der Waals surface area (Å²) < 4.78 is 5.97. The minimum absolute atomic E-state index is 0.302. The quantitative estimate of drug-likeness (QED) is 0.625. The third kappa shape index (κ3) is 5.40. The molecule has 0 amide bonds. The topological polar surface area (TPSA) is 50.4 Å². The number of carboxylic acids is 1. The lowest BCUT2D eigenvalue weighted by atomic mass is 10.0. The van der Waals surface area contributed by atoms with E-state index in [1.807, 2.05) is 0 Å². The van der Waals surface area contributed by atoms with Gasteiger partial charge in [0.25, 0.3) is 0 Å². The molecule has 0 saturated heterocycles. The van der Waals surface area contributed by atoms with Crippen LogP contribution < -0.4 is 0 Å². The Hall–Kier alpha value is -1.25. The molecular weight excluding hydrogens is 252 g/mol. The highest BCUT2D eigenvalue weighted by atomic mass is 16.4. The van der Waals surface area contributed by atoms with Crippen molar-refractivity contribution < 1.29 is 14.3 Å². The van der Waals surface area contributed by atoms with Crippen molar-refractivity contribution in [3.8, 4) is 0 Å². The van der Waals surface area contributed by atoms with E-state index >= 15 is 0 Å². The molecule has 1 N–H and O–H groups in total. The average Bonchev–Trinajstić information content (AvgIpc) is 2.66. The van der Waals surface area contributed by atoms with Crippen LogP contribution in [-0.2, 0) is 17.6 Å². The van der Waals surface area contributed by atoms with Crippen LogP contribution in [0.3, 0.4) is 0 Å². The smallest absolute Gasteiger partial charge is 0.303 e. The molecule has 0 aliphatic rings. The predicted octanol–water partition coefficient (Wildman–Crippen LogP) is 4.82. The first kappa shape index (κ1) is 16.8. The van der Waals surface area contributed by atoms with Gasteiger partial charge in [0.15, 0.2) is 0 Å². The van der Waals surface area contributed by atoms with Crippen molar-refractivity contribution in [3.63, 3.8) is 0 Å². The zero-order valence-electron chi connectivity index (χ0n) is 13.1. The third-order valence-electron chi connectivity index (χ3n) is 3.92. The second-order valence-corrected chi connectivity index (χ2v) is 5.61. The van der Waals surface area contributed by atoms with Gasteiger partial charge in [-0.05, 0) is 44.2 Å². The Balaban J connectivity index is 2.25. The second-order valence-electron chi connectivity index (χ2n) is 5.61. The molecule has 1 heterocycles. The van der Waals surface area contributed by atoms with Gasteiger partial charge in [-0.1, -0.05) is 26.2 Å². The van der Waals surface area contributed by atoms with E-state index in [1.165, 1.54) is 11.1 Å². The lowest BCUT2D eigenvalue weighted by Crippen LogP contribution is -1.93. The maximum atomic E-state index is 10.4. The van der Waals surface area contributed by atoms with Crippen molar-refractivity contribution in [1.82, 2.24) is 0 Å². The van der Waals surface area contributed by atoms with Crippen LogP contribution in [0.15, 0.2) is 4.42 Å². The van der Waals surface area contributed by atoms with Gasteiger partial charge in [-0.15, -0.1) is 0 Å². The molecule has 1 aromatic heterocycles. The fraction of sp³-hybridized carbons (Fsp3) is 0.706. The summed E-state index contributed by atoms with van der Waals surface area (Å²) in [7, 11) is 0.